The Labute approximate surface area is 123 Å². The summed E-state index contributed by atoms with van der Waals surface area (Å²) in [6.07, 6.45) is 1.37. The van der Waals surface area contributed by atoms with Crippen LogP contribution >= 0.6 is 11.6 Å². The van der Waals surface area contributed by atoms with E-state index in [2.05, 4.69) is 20.4 Å². The zero-order valence-electron chi connectivity index (χ0n) is 10.5. The van der Waals surface area contributed by atoms with Gasteiger partial charge in [-0.05, 0) is 6.07 Å². The fourth-order valence-corrected chi connectivity index (χ4v) is 1.88. The van der Waals surface area contributed by atoms with Crippen molar-refractivity contribution in [3.05, 3.63) is 50.9 Å². The van der Waals surface area contributed by atoms with Crippen molar-refractivity contribution < 1.29 is 14.2 Å². The molecule has 1 heterocycles. The lowest BCUT2D eigenvalue weighted by Gasteiger charge is -2.08. The molecule has 0 saturated heterocycles. The number of carbonyl (C=O) groups excluding carboxylic acids is 1. The molecule has 21 heavy (non-hydrogen) atoms. The largest absolute Gasteiger partial charge is 0.364 e. The molecule has 2 rings (SSSR count). The summed E-state index contributed by atoms with van der Waals surface area (Å²) in [5.41, 5.74) is 2.24. The minimum absolute atomic E-state index is 0.0294. The average Bonchev–Trinajstić information content (AvgIpc) is 2.96. The number of nitro groups is 1. The van der Waals surface area contributed by atoms with Crippen molar-refractivity contribution in [2.45, 2.75) is 6.54 Å². The average molecular weight is 312 g/mol. The molecule has 1 aromatic heterocycles. The molecule has 0 bridgehead atoms. The van der Waals surface area contributed by atoms with Gasteiger partial charge in [0.2, 0.25) is 0 Å². The number of hydrogen-bond donors (Lipinski definition) is 3. The molecule has 1 amide bonds. The number of nitrogens with zero attached hydrogens (tertiary/aromatic N) is 2. The molecular weight excluding hydrogens is 302 g/mol. The summed E-state index contributed by atoms with van der Waals surface area (Å²) in [7, 11) is 0. The van der Waals surface area contributed by atoms with E-state index in [0.29, 0.717) is 5.69 Å². The third kappa shape index (κ3) is 3.27. The van der Waals surface area contributed by atoms with E-state index in [1.807, 2.05) is 0 Å². The van der Waals surface area contributed by atoms with Gasteiger partial charge >= 0.3 is 0 Å². The fourth-order valence-electron chi connectivity index (χ4n) is 1.61. The lowest BCUT2D eigenvalue weighted by molar-refractivity contribution is -0.384. The maximum atomic E-state index is 12.0. The van der Waals surface area contributed by atoms with Crippen LogP contribution in [-0.2, 0) is 6.54 Å². The molecule has 110 valence electrons. The van der Waals surface area contributed by atoms with E-state index >= 15 is 0 Å². The summed E-state index contributed by atoms with van der Waals surface area (Å²) in [6.45, 7) is 0.123. The smallest absolute Gasteiger partial charge is 0.295 e. The van der Waals surface area contributed by atoms with Gasteiger partial charge in [-0.2, -0.15) is 0 Å². The number of aromatic nitrogens is 1. The predicted octanol–water partition coefficient (Wildman–Crippen LogP) is 1.45. The predicted molar refractivity (Wildman–Crippen MR) is 73.6 cm³/mol. The molecule has 0 aliphatic carbocycles. The van der Waals surface area contributed by atoms with Gasteiger partial charge in [0, 0.05) is 17.7 Å². The SMILES string of the molecule is NNc1c(Cl)cc(C(=O)NCc2ccon2)cc1[N+](=O)[O-]. The number of anilines is 1. The molecular formula is C11H10ClN5O4. The van der Waals surface area contributed by atoms with Gasteiger partial charge in [-0.25, -0.2) is 0 Å². The van der Waals surface area contributed by atoms with Crippen LogP contribution in [0.5, 0.6) is 0 Å². The summed E-state index contributed by atoms with van der Waals surface area (Å²) in [4.78, 5) is 22.2. The van der Waals surface area contributed by atoms with Gasteiger partial charge in [0.25, 0.3) is 11.6 Å². The van der Waals surface area contributed by atoms with Crippen LogP contribution in [0.15, 0.2) is 29.0 Å². The maximum Gasteiger partial charge on any atom is 0.295 e. The number of halogens is 1. The lowest BCUT2D eigenvalue weighted by atomic mass is 10.1. The third-order valence-corrected chi connectivity index (χ3v) is 2.89. The molecule has 9 nitrogen and oxygen atoms in total. The molecule has 0 aliphatic heterocycles. The second-order valence-electron chi connectivity index (χ2n) is 3.93. The number of benzene rings is 1. The fraction of sp³-hybridized carbons (Fsp3) is 0.0909. The quantitative estimate of drug-likeness (QED) is 0.432. The second-order valence-corrected chi connectivity index (χ2v) is 4.33. The molecule has 0 radical (unpaired) electrons. The van der Waals surface area contributed by atoms with E-state index in [0.717, 1.165) is 6.07 Å². The second kappa shape index (κ2) is 6.20. The highest BCUT2D eigenvalue weighted by Gasteiger charge is 2.21. The zero-order valence-corrected chi connectivity index (χ0v) is 11.3. The Bertz CT molecular complexity index is 674. The number of carbonyl (C=O) groups is 1. The molecule has 1 aromatic carbocycles. The van der Waals surface area contributed by atoms with Crippen LogP contribution in [0.1, 0.15) is 16.1 Å². The first-order valence-electron chi connectivity index (χ1n) is 5.65. The molecule has 0 fully saturated rings. The topological polar surface area (TPSA) is 136 Å². The highest BCUT2D eigenvalue weighted by molar-refractivity contribution is 6.34. The first-order valence-corrected chi connectivity index (χ1v) is 6.02. The Hall–Kier alpha value is -2.65. The van der Waals surface area contributed by atoms with Crippen molar-refractivity contribution >= 4 is 28.9 Å². The third-order valence-electron chi connectivity index (χ3n) is 2.59. The Balaban J connectivity index is 2.23. The first kappa shape index (κ1) is 14.8. The van der Waals surface area contributed by atoms with Crippen LogP contribution < -0.4 is 16.6 Å². The standard InChI is InChI=1S/C11H10ClN5O4/c12-8-3-6(4-9(17(19)20)10(8)15-13)11(18)14-5-7-1-2-21-16-7/h1-4,15H,5,13H2,(H,14,18). The summed E-state index contributed by atoms with van der Waals surface area (Å²) < 4.78 is 4.62. The molecule has 0 aliphatic rings. The Morgan fingerprint density at radius 1 is 1.52 bits per heavy atom. The van der Waals surface area contributed by atoms with Gasteiger partial charge in [-0.3, -0.25) is 20.8 Å². The molecule has 0 spiro atoms. The van der Waals surface area contributed by atoms with Gasteiger partial charge in [0.1, 0.15) is 17.6 Å². The minimum Gasteiger partial charge on any atom is -0.364 e. The van der Waals surface area contributed by atoms with Crippen LogP contribution in [0.25, 0.3) is 0 Å². The number of hydrogen-bond acceptors (Lipinski definition) is 7. The maximum absolute atomic E-state index is 12.0. The monoisotopic (exact) mass is 311 g/mol. The number of rotatable bonds is 5. The first-order chi connectivity index (χ1) is 10.0. The normalized spacial score (nSPS) is 10.2. The molecule has 2 aromatic rings. The van der Waals surface area contributed by atoms with Crippen molar-refractivity contribution in [2.24, 2.45) is 5.84 Å². The number of amides is 1. The molecule has 4 N–H and O–H groups in total. The van der Waals surface area contributed by atoms with Gasteiger partial charge in [0.05, 0.1) is 16.5 Å². The van der Waals surface area contributed by atoms with Gasteiger partial charge < -0.3 is 15.3 Å². The van der Waals surface area contributed by atoms with Gasteiger partial charge in [-0.1, -0.05) is 16.8 Å². The number of nitro benzene ring substituents is 1. The summed E-state index contributed by atoms with van der Waals surface area (Å²) in [5, 5.41) is 17.1. The molecule has 10 heteroatoms. The van der Waals surface area contributed by atoms with Gasteiger partial charge in [-0.15, -0.1) is 0 Å². The molecule has 0 saturated carbocycles. The lowest BCUT2D eigenvalue weighted by Crippen LogP contribution is -2.23. The van der Waals surface area contributed by atoms with Crippen molar-refractivity contribution in [2.75, 3.05) is 5.43 Å². The van der Waals surface area contributed by atoms with Crippen LogP contribution in [0.4, 0.5) is 11.4 Å². The number of nitrogen functional groups attached to an aromatic ring is 1. The highest BCUT2D eigenvalue weighted by Crippen LogP contribution is 2.32. The van der Waals surface area contributed by atoms with Crippen molar-refractivity contribution in [3.63, 3.8) is 0 Å². The van der Waals surface area contributed by atoms with Crippen LogP contribution in [-0.4, -0.2) is 16.0 Å². The highest BCUT2D eigenvalue weighted by atomic mass is 35.5. The number of nitrogens with one attached hydrogen (secondary N) is 2. The van der Waals surface area contributed by atoms with Crippen LogP contribution in [0, 0.1) is 10.1 Å². The minimum atomic E-state index is -0.685. The zero-order chi connectivity index (χ0) is 15.4. The number of nitrogens with two attached hydrogens (primary N) is 1. The van der Waals surface area contributed by atoms with Crippen molar-refractivity contribution in [3.8, 4) is 0 Å². The summed E-state index contributed by atoms with van der Waals surface area (Å²) in [6, 6.07) is 3.94. The molecule has 0 atom stereocenters. The van der Waals surface area contributed by atoms with Crippen molar-refractivity contribution in [1.29, 1.82) is 0 Å². The van der Waals surface area contributed by atoms with E-state index in [1.54, 1.807) is 6.07 Å². The summed E-state index contributed by atoms with van der Waals surface area (Å²) >= 11 is 5.87. The van der Waals surface area contributed by atoms with E-state index < -0.39 is 16.5 Å². The Kier molecular flexibility index (Phi) is 4.36. The van der Waals surface area contributed by atoms with E-state index in [1.165, 1.54) is 12.3 Å². The summed E-state index contributed by atoms with van der Waals surface area (Å²) in [5.74, 6) is 4.64. The molecule has 0 unspecified atom stereocenters. The van der Waals surface area contributed by atoms with Crippen LogP contribution in [0.3, 0.4) is 0 Å². The van der Waals surface area contributed by atoms with E-state index in [4.69, 9.17) is 17.4 Å². The van der Waals surface area contributed by atoms with Crippen molar-refractivity contribution in [1.82, 2.24) is 10.5 Å². The van der Waals surface area contributed by atoms with Crippen LogP contribution in [0.2, 0.25) is 5.02 Å². The Morgan fingerprint density at radius 2 is 2.29 bits per heavy atom. The Morgan fingerprint density at radius 3 is 2.86 bits per heavy atom. The number of hydrazine groups is 1. The van der Waals surface area contributed by atoms with E-state index in [9.17, 15) is 14.9 Å². The van der Waals surface area contributed by atoms with Gasteiger partial charge in [0.15, 0.2) is 0 Å². The van der Waals surface area contributed by atoms with E-state index in [-0.39, 0.29) is 22.8 Å².